The van der Waals surface area contributed by atoms with Crippen molar-refractivity contribution in [1.82, 2.24) is 0 Å². The lowest BCUT2D eigenvalue weighted by molar-refractivity contribution is -0.380. The van der Waals surface area contributed by atoms with Crippen molar-refractivity contribution in [3.63, 3.8) is 0 Å². The van der Waals surface area contributed by atoms with E-state index in [1.54, 1.807) is 0 Å². The summed E-state index contributed by atoms with van der Waals surface area (Å²) >= 11 is 0. The van der Waals surface area contributed by atoms with Crippen LogP contribution < -0.4 is 0 Å². The van der Waals surface area contributed by atoms with Crippen LogP contribution in [0.1, 0.15) is 78.1 Å². The summed E-state index contributed by atoms with van der Waals surface area (Å²) < 4.78 is 35.5. The summed E-state index contributed by atoms with van der Waals surface area (Å²) in [6, 6.07) is 0. The molecule has 3 aliphatic heterocycles. The fourth-order valence-corrected chi connectivity index (χ4v) is 12.0. The Morgan fingerprint density at radius 1 is 0.600 bits per heavy atom. The van der Waals surface area contributed by atoms with E-state index in [1.807, 2.05) is 6.92 Å². The maximum absolute atomic E-state index is 14.1. The average Bonchev–Trinajstić information content (AvgIpc) is 3.43. The minimum atomic E-state index is -1.78. The Morgan fingerprint density at radius 2 is 1.15 bits per heavy atom. The molecule has 0 radical (unpaired) electrons. The van der Waals surface area contributed by atoms with E-state index in [0.29, 0.717) is 32.1 Å². The fraction of sp³-hybridized carbons (Fsp3) is 0.973. The summed E-state index contributed by atoms with van der Waals surface area (Å²) in [5.74, 6) is -0.456. The average molecular weight is 793 g/mol. The molecule has 0 aromatic heterocycles. The largest absolute Gasteiger partial charge is 0.432 e. The first kappa shape index (κ1) is 42.0. The molecule has 316 valence electrons. The highest BCUT2D eigenvalue weighted by molar-refractivity contribution is 5.77. The van der Waals surface area contributed by atoms with Crippen molar-refractivity contribution in [2.75, 3.05) is 19.8 Å². The topological polar surface area (TPSA) is 295 Å². The van der Waals surface area contributed by atoms with Crippen molar-refractivity contribution in [2.24, 2.45) is 28.1 Å². The number of carbonyl (C=O) groups excluding carboxylic acids is 1. The molecule has 18 nitrogen and oxygen atoms in total. The Bertz CT molecular complexity index is 1370. The van der Waals surface area contributed by atoms with Gasteiger partial charge in [-0.25, -0.2) is 0 Å². The molecule has 3 saturated heterocycles. The summed E-state index contributed by atoms with van der Waals surface area (Å²) in [4.78, 5) is 14.1. The summed E-state index contributed by atoms with van der Waals surface area (Å²) in [7, 11) is 0. The summed E-state index contributed by atoms with van der Waals surface area (Å²) in [6.07, 6.45) is -16.1. The van der Waals surface area contributed by atoms with Crippen LogP contribution in [0.5, 0.6) is 0 Å². The molecule has 0 aromatic rings. The first-order chi connectivity index (χ1) is 26.0. The lowest BCUT2D eigenvalue weighted by Crippen LogP contribution is -2.65. The summed E-state index contributed by atoms with van der Waals surface area (Å²) in [5, 5.41) is 114. The highest BCUT2D eigenvalue weighted by Gasteiger charge is 2.68. The zero-order valence-corrected chi connectivity index (χ0v) is 31.3. The molecule has 0 unspecified atom stereocenters. The third-order valence-corrected chi connectivity index (χ3v) is 15.0. The second-order valence-corrected chi connectivity index (χ2v) is 17.9. The van der Waals surface area contributed by atoms with Crippen LogP contribution in [0.3, 0.4) is 0 Å². The van der Waals surface area contributed by atoms with Crippen molar-refractivity contribution in [2.45, 2.75) is 176 Å². The Hall–Kier alpha value is -1.17. The number of esters is 1. The molecule has 7 fully saturated rings. The third kappa shape index (κ3) is 6.88. The minimum Gasteiger partial charge on any atom is -0.432 e. The van der Waals surface area contributed by atoms with Gasteiger partial charge in [0.25, 0.3) is 0 Å². The number of ether oxygens (including phenoxy) is 6. The van der Waals surface area contributed by atoms with Gasteiger partial charge in [0.1, 0.15) is 73.2 Å². The predicted octanol–water partition coefficient (Wildman–Crippen LogP) is -3.10. The molecule has 4 saturated carbocycles. The third-order valence-electron chi connectivity index (χ3n) is 15.0. The number of hydrogen-bond donors (Lipinski definition) is 11. The van der Waals surface area contributed by atoms with E-state index in [9.17, 15) is 61.0 Å². The number of rotatable bonds is 9. The lowest BCUT2D eigenvalue weighted by atomic mass is 9.41. The van der Waals surface area contributed by atoms with Crippen molar-refractivity contribution < 1.29 is 89.4 Å². The molecule has 0 amide bonds. The van der Waals surface area contributed by atoms with Gasteiger partial charge in [0, 0.05) is 0 Å². The molecule has 7 rings (SSSR count). The zero-order valence-electron chi connectivity index (χ0n) is 31.3. The number of fused-ring (bicyclic) bond motifs is 3. The maximum Gasteiger partial charge on any atom is 0.314 e. The zero-order chi connectivity index (χ0) is 39.8. The van der Waals surface area contributed by atoms with Crippen LogP contribution in [-0.2, 0) is 33.2 Å². The highest BCUT2D eigenvalue weighted by Crippen LogP contribution is 2.73. The van der Waals surface area contributed by atoms with E-state index >= 15 is 0 Å². The van der Waals surface area contributed by atoms with Gasteiger partial charge >= 0.3 is 5.97 Å². The van der Waals surface area contributed by atoms with E-state index in [4.69, 9.17) is 28.4 Å². The molecule has 0 aromatic carbocycles. The van der Waals surface area contributed by atoms with Crippen LogP contribution in [0.2, 0.25) is 0 Å². The van der Waals surface area contributed by atoms with Gasteiger partial charge in [0.2, 0.25) is 6.29 Å². The van der Waals surface area contributed by atoms with Crippen LogP contribution in [0.15, 0.2) is 0 Å². The molecular formula is C37H60O18. The van der Waals surface area contributed by atoms with E-state index in [2.05, 4.69) is 6.92 Å². The van der Waals surface area contributed by atoms with Gasteiger partial charge in [-0.05, 0) is 87.4 Å². The number of aliphatic hydroxyl groups is 11. The standard InChI is InChI=1S/C37H60O18/c1-34-6-3-7-35(2,33(49)54-31-28(48)25(45)22(42)17(13-39)51-31)19(34)4-8-36-10-11-37(15-36,9-5-20(34)36)55-32-29(26(46)23(43)18(14-40)52-32)53-30-27(47)24(44)21(41)16(12-38)50-30/h16-32,38-48H,3-15H2,1-2H3/t16-,17+,18-,19-,20+,21-,22+,23-,24+,25-,26+,27+,28+,29+,30+,31-,32+,34-,35-,36-,37-/m1/s1. The molecule has 7 aliphatic rings. The molecular weight excluding hydrogens is 732 g/mol. The van der Waals surface area contributed by atoms with Gasteiger partial charge in [-0.1, -0.05) is 13.3 Å². The van der Waals surface area contributed by atoms with Gasteiger partial charge in [0.15, 0.2) is 12.6 Å². The Morgan fingerprint density at radius 3 is 1.76 bits per heavy atom. The van der Waals surface area contributed by atoms with Crippen molar-refractivity contribution in [1.29, 1.82) is 0 Å². The van der Waals surface area contributed by atoms with Crippen LogP contribution >= 0.6 is 0 Å². The second kappa shape index (κ2) is 15.5. The van der Waals surface area contributed by atoms with Gasteiger partial charge < -0.3 is 84.6 Å². The van der Waals surface area contributed by atoms with Gasteiger partial charge in [0.05, 0.1) is 30.8 Å². The number of carbonyl (C=O) groups is 1. The Balaban J connectivity index is 1.08. The monoisotopic (exact) mass is 792 g/mol. The van der Waals surface area contributed by atoms with Gasteiger partial charge in [-0.15, -0.1) is 0 Å². The number of hydrogen-bond acceptors (Lipinski definition) is 18. The smallest absolute Gasteiger partial charge is 0.314 e. The molecule has 18 heteroatoms. The molecule has 1 spiro atoms. The molecule has 4 aliphatic carbocycles. The lowest BCUT2D eigenvalue weighted by Gasteiger charge is -2.64. The van der Waals surface area contributed by atoms with E-state index in [1.165, 1.54) is 0 Å². The van der Waals surface area contributed by atoms with Crippen LogP contribution in [0.25, 0.3) is 0 Å². The molecule has 3 heterocycles. The fourth-order valence-electron chi connectivity index (χ4n) is 12.0. The van der Waals surface area contributed by atoms with E-state index in [0.717, 1.165) is 32.1 Å². The van der Waals surface area contributed by atoms with Crippen molar-refractivity contribution in [3.05, 3.63) is 0 Å². The van der Waals surface area contributed by atoms with E-state index < -0.39 is 129 Å². The van der Waals surface area contributed by atoms with Crippen molar-refractivity contribution >= 4 is 5.97 Å². The molecule has 55 heavy (non-hydrogen) atoms. The van der Waals surface area contributed by atoms with Crippen molar-refractivity contribution in [3.8, 4) is 0 Å². The maximum atomic E-state index is 14.1. The molecule has 11 N–H and O–H groups in total. The summed E-state index contributed by atoms with van der Waals surface area (Å²) in [5.41, 5.74) is -2.14. The first-order valence-corrected chi connectivity index (χ1v) is 19.8. The second-order valence-electron chi connectivity index (χ2n) is 17.9. The summed E-state index contributed by atoms with van der Waals surface area (Å²) in [6.45, 7) is 2.15. The van der Waals surface area contributed by atoms with Gasteiger partial charge in [-0.2, -0.15) is 0 Å². The highest BCUT2D eigenvalue weighted by atomic mass is 16.8. The predicted molar refractivity (Wildman–Crippen MR) is 182 cm³/mol. The van der Waals surface area contributed by atoms with E-state index in [-0.39, 0.29) is 22.7 Å². The Labute approximate surface area is 318 Å². The first-order valence-electron chi connectivity index (χ1n) is 19.8. The number of aliphatic hydroxyl groups excluding tert-OH is 11. The molecule has 2 bridgehead atoms. The normalized spacial score (nSPS) is 55.3. The van der Waals surface area contributed by atoms with Crippen LogP contribution in [0, 0.1) is 28.1 Å². The molecule has 21 atom stereocenters. The minimum absolute atomic E-state index is 0.0873. The van der Waals surface area contributed by atoms with Crippen LogP contribution in [0.4, 0.5) is 0 Å². The van der Waals surface area contributed by atoms with Gasteiger partial charge in [-0.3, -0.25) is 4.79 Å². The van der Waals surface area contributed by atoms with Crippen LogP contribution in [-0.4, -0.2) is 180 Å². The Kier molecular flexibility index (Phi) is 11.8. The quantitative estimate of drug-likeness (QED) is 0.0814. The SMILES string of the molecule is C[C@@]12CCC[C@@](C)(C(=O)O[C@H]3O[C@@H](CO)[C@H](O)[C@@H](O)[C@@H]3O)[C@@H]1CC[C@]13CC[C@](O[C@@H]4O[C@H](CO)[C@@H](O)[C@H](O)[C@@H]4O[C@@H]4O[C@H](CO)[C@@H](O)[C@H](O)[C@@H]4O)(CC[C@H]12)C3.